The van der Waals surface area contributed by atoms with Crippen LogP contribution in [0.1, 0.15) is 23.9 Å². The summed E-state index contributed by atoms with van der Waals surface area (Å²) in [5.41, 5.74) is 2.10. The molecule has 1 N–H and O–H groups in total. The summed E-state index contributed by atoms with van der Waals surface area (Å²) >= 11 is 2.83. The third-order valence-electron chi connectivity index (χ3n) is 8.16. The van der Waals surface area contributed by atoms with E-state index in [1.807, 2.05) is 23.4 Å². The molecular weight excluding hydrogens is 565 g/mol. The number of aromatic nitrogens is 4. The molecule has 4 saturated heterocycles. The Kier molecular flexibility index (Phi) is 6.42. The minimum atomic E-state index is -0.382. The predicted molar refractivity (Wildman–Crippen MR) is 154 cm³/mol. The van der Waals surface area contributed by atoms with E-state index in [0.29, 0.717) is 59.4 Å². The van der Waals surface area contributed by atoms with Crippen molar-refractivity contribution < 1.29 is 14.3 Å². The molecule has 4 aromatic rings. The zero-order valence-corrected chi connectivity index (χ0v) is 24.2. The van der Waals surface area contributed by atoms with Gasteiger partial charge in [-0.3, -0.25) is 9.69 Å². The molecule has 4 aliphatic rings. The number of imidazole rings is 1. The van der Waals surface area contributed by atoms with Crippen LogP contribution in [0.3, 0.4) is 0 Å². The van der Waals surface area contributed by atoms with Gasteiger partial charge in [0.25, 0.3) is 0 Å². The number of fused-ring (bicyclic) bond motifs is 3. The van der Waals surface area contributed by atoms with Crippen molar-refractivity contribution >= 4 is 49.6 Å². The van der Waals surface area contributed by atoms with E-state index in [4.69, 9.17) is 15.1 Å². The van der Waals surface area contributed by atoms with Crippen molar-refractivity contribution in [2.24, 2.45) is 0 Å². The summed E-state index contributed by atoms with van der Waals surface area (Å²) in [5, 5.41) is 25.8. The van der Waals surface area contributed by atoms with Crippen LogP contribution in [0.15, 0.2) is 24.3 Å². The van der Waals surface area contributed by atoms with Gasteiger partial charge in [0.05, 0.1) is 18.3 Å². The highest BCUT2D eigenvalue weighted by atomic mass is 32.1. The molecule has 2 unspecified atom stereocenters. The normalized spacial score (nSPS) is 20.7. The van der Waals surface area contributed by atoms with Gasteiger partial charge in [0.1, 0.15) is 22.5 Å². The first-order valence-corrected chi connectivity index (χ1v) is 15.2. The highest BCUT2D eigenvalue weighted by Gasteiger charge is 2.47. The Morgan fingerprint density at radius 3 is 2.56 bits per heavy atom. The van der Waals surface area contributed by atoms with Crippen molar-refractivity contribution in [2.75, 3.05) is 49.6 Å². The molecule has 1 aromatic carbocycles. The summed E-state index contributed by atoms with van der Waals surface area (Å²) in [6.45, 7) is 4.93. The van der Waals surface area contributed by atoms with Crippen molar-refractivity contribution in [1.82, 2.24) is 29.4 Å². The van der Waals surface area contributed by atoms with Crippen LogP contribution in [-0.2, 0) is 11.2 Å². The van der Waals surface area contributed by atoms with Gasteiger partial charge in [-0.25, -0.2) is 14.4 Å². The highest BCUT2D eigenvalue weighted by molar-refractivity contribution is 7.20. The fourth-order valence-electron chi connectivity index (χ4n) is 5.91. The average Bonchev–Trinajstić information content (AvgIpc) is 3.67. The Bertz CT molecular complexity index is 1660. The topological polar surface area (TPSA) is 117 Å². The number of aryl methyl sites for hydroxylation is 1. The number of benzene rings is 1. The van der Waals surface area contributed by atoms with Gasteiger partial charge >= 0.3 is 0 Å². The van der Waals surface area contributed by atoms with Crippen molar-refractivity contribution in [2.45, 2.75) is 38.0 Å². The Morgan fingerprint density at radius 2 is 1.90 bits per heavy atom. The molecule has 7 heterocycles. The van der Waals surface area contributed by atoms with Crippen LogP contribution >= 0.6 is 22.7 Å². The fraction of sp³-hybridized carbons (Fsp3) is 0.444. The van der Waals surface area contributed by atoms with E-state index in [-0.39, 0.29) is 17.8 Å². The number of hydrogen-bond donors (Lipinski definition) is 1. The first kappa shape index (κ1) is 26.3. The molecule has 0 aliphatic carbocycles. The van der Waals surface area contributed by atoms with Gasteiger partial charge in [0.15, 0.2) is 10.9 Å². The van der Waals surface area contributed by atoms with Crippen LogP contribution < -0.4 is 9.80 Å². The maximum atomic E-state index is 13.5. The van der Waals surface area contributed by atoms with E-state index in [1.54, 1.807) is 28.4 Å². The smallest absolute Gasteiger partial charge is 0.236 e. The van der Waals surface area contributed by atoms with Gasteiger partial charge in [-0.05, 0) is 37.1 Å². The Labute approximate surface area is 243 Å². The Hall–Kier alpha value is -3.64. The largest absolute Gasteiger partial charge is 0.389 e. The summed E-state index contributed by atoms with van der Waals surface area (Å²) in [5.74, 6) is 0.559. The van der Waals surface area contributed by atoms with E-state index in [9.17, 15) is 19.6 Å². The summed E-state index contributed by atoms with van der Waals surface area (Å²) in [6.07, 6.45) is 1.40. The van der Waals surface area contributed by atoms with Crippen molar-refractivity contribution in [3.8, 4) is 17.3 Å². The number of hydrogen-bond acceptors (Lipinski definition) is 11. The molecular formula is C27H28FN9O2S2. The molecule has 14 heteroatoms. The van der Waals surface area contributed by atoms with Crippen molar-refractivity contribution in [3.63, 3.8) is 0 Å². The zero-order chi connectivity index (χ0) is 28.4. The first-order valence-electron chi connectivity index (χ1n) is 13.6. The van der Waals surface area contributed by atoms with E-state index < -0.39 is 0 Å². The standard InChI is InChI=1S/C27H28FN9O2S2/c1-3-20-24(33(2)25-31-23(21(9-29)40-25)15-4-6-16(28)7-5-15)37-26(30-20)41-27(32-37)35-10-17-8-18(11-35)36(17)14-22(39)34-12-19(38)13-34/h4-7,17-19,38H,3,8,10-14H2,1-2H3. The molecule has 0 saturated carbocycles. The molecule has 2 atom stereocenters. The lowest BCUT2D eigenvalue weighted by molar-refractivity contribution is -0.147. The van der Waals surface area contributed by atoms with Gasteiger partial charge in [-0.1, -0.05) is 29.6 Å². The molecule has 41 heavy (non-hydrogen) atoms. The number of thiazole rings is 1. The lowest BCUT2D eigenvalue weighted by atomic mass is 9.87. The van der Waals surface area contributed by atoms with Gasteiger partial charge in [0.2, 0.25) is 16.0 Å². The molecule has 2 bridgehead atoms. The van der Waals surface area contributed by atoms with Crippen LogP contribution in [0.25, 0.3) is 16.2 Å². The molecule has 4 fully saturated rings. The summed E-state index contributed by atoms with van der Waals surface area (Å²) < 4.78 is 15.3. The molecule has 11 nitrogen and oxygen atoms in total. The molecule has 212 valence electrons. The molecule has 0 spiro atoms. The van der Waals surface area contributed by atoms with E-state index >= 15 is 0 Å². The van der Waals surface area contributed by atoms with Crippen molar-refractivity contribution in [1.29, 1.82) is 5.26 Å². The maximum Gasteiger partial charge on any atom is 0.236 e. The number of amides is 1. The Balaban J connectivity index is 1.12. The average molecular weight is 594 g/mol. The third kappa shape index (κ3) is 4.44. The number of piperidine rings is 1. The number of anilines is 3. The molecule has 0 radical (unpaired) electrons. The molecule has 3 aromatic heterocycles. The minimum absolute atomic E-state index is 0.0928. The lowest BCUT2D eigenvalue weighted by Gasteiger charge is -2.56. The van der Waals surface area contributed by atoms with E-state index in [2.05, 4.69) is 15.9 Å². The number of piperazine rings is 1. The van der Waals surface area contributed by atoms with Gasteiger partial charge < -0.3 is 19.8 Å². The van der Waals surface area contributed by atoms with Crippen LogP contribution in [-0.4, -0.2) is 98.4 Å². The number of carbonyl (C=O) groups is 1. The number of nitriles is 1. The number of nitrogens with zero attached hydrogens (tertiary/aromatic N) is 9. The summed E-state index contributed by atoms with van der Waals surface area (Å²) in [6, 6.07) is 8.84. The number of aliphatic hydroxyl groups is 1. The van der Waals surface area contributed by atoms with E-state index in [1.165, 1.54) is 23.5 Å². The van der Waals surface area contributed by atoms with Crippen LogP contribution in [0.4, 0.5) is 20.5 Å². The number of aliphatic hydroxyl groups excluding tert-OH is 1. The Morgan fingerprint density at radius 1 is 1.17 bits per heavy atom. The predicted octanol–water partition coefficient (Wildman–Crippen LogP) is 2.72. The van der Waals surface area contributed by atoms with E-state index in [0.717, 1.165) is 41.1 Å². The number of likely N-dealkylation sites (tertiary alicyclic amines) is 1. The number of rotatable bonds is 7. The van der Waals surface area contributed by atoms with Crippen LogP contribution in [0.5, 0.6) is 0 Å². The van der Waals surface area contributed by atoms with Crippen LogP contribution in [0, 0.1) is 17.1 Å². The molecule has 1 amide bonds. The quantitative estimate of drug-likeness (QED) is 0.345. The van der Waals surface area contributed by atoms with Gasteiger partial charge in [-0.2, -0.15) is 9.78 Å². The second-order valence-corrected chi connectivity index (χ2v) is 12.7. The maximum absolute atomic E-state index is 13.5. The second-order valence-electron chi connectivity index (χ2n) is 10.7. The monoisotopic (exact) mass is 593 g/mol. The molecule has 4 aliphatic heterocycles. The lowest BCUT2D eigenvalue weighted by Crippen LogP contribution is -2.70. The van der Waals surface area contributed by atoms with Crippen LogP contribution in [0.2, 0.25) is 0 Å². The molecule has 8 rings (SSSR count). The fourth-order valence-corrected chi connectivity index (χ4v) is 7.69. The zero-order valence-electron chi connectivity index (χ0n) is 22.6. The van der Waals surface area contributed by atoms with Gasteiger partial charge in [0, 0.05) is 50.9 Å². The SMILES string of the molecule is CCc1nc2sc(N3CC4CC(C3)N4CC(=O)N3CC(O)C3)nn2c1N(C)c1nc(-c2ccc(F)cc2)c(C#N)s1. The van der Waals surface area contributed by atoms with Crippen molar-refractivity contribution in [3.05, 3.63) is 40.7 Å². The summed E-state index contributed by atoms with van der Waals surface area (Å²) in [7, 11) is 1.90. The first-order chi connectivity index (χ1) is 19.8. The number of β-amino-alcohol motifs (C(OH)–C–C–N with tert-alkyl or cyclic N) is 1. The highest BCUT2D eigenvalue weighted by Crippen LogP contribution is 2.40. The minimum Gasteiger partial charge on any atom is -0.389 e. The second kappa shape index (κ2) is 10.0. The number of carbonyl (C=O) groups excluding carboxylic acids is 1. The third-order valence-corrected chi connectivity index (χ3v) is 10.2. The number of halogens is 1. The summed E-state index contributed by atoms with van der Waals surface area (Å²) in [4.78, 5) is 31.6. The van der Waals surface area contributed by atoms with Gasteiger partial charge in [-0.15, -0.1) is 5.10 Å².